The molecule has 0 saturated heterocycles. The number of aromatic nitrogens is 2. The van der Waals surface area contributed by atoms with Crippen LogP contribution in [0.15, 0.2) is 54.0 Å². The topological polar surface area (TPSA) is 98.0 Å². The third-order valence-corrected chi connectivity index (χ3v) is 3.87. The number of benzene rings is 1. The molecule has 0 bridgehead atoms. The Morgan fingerprint density at radius 2 is 1.96 bits per heavy atom. The zero-order chi connectivity index (χ0) is 16.2. The highest BCUT2D eigenvalue weighted by molar-refractivity contribution is 7.12. The van der Waals surface area contributed by atoms with Gasteiger partial charge in [-0.2, -0.15) is 0 Å². The molecule has 0 atom stereocenters. The summed E-state index contributed by atoms with van der Waals surface area (Å²) in [5.74, 6) is -0.0971. The highest BCUT2D eigenvalue weighted by atomic mass is 32.1. The molecule has 0 saturated carbocycles. The molecule has 3 aromatic rings. The molecule has 7 nitrogen and oxygen atoms in total. The number of amides is 1. The SMILES string of the molecule is O=C(Nc1nccc(-c2ccc([N+](=O)[O-])cc2)n1)c1cccs1. The van der Waals surface area contributed by atoms with Crippen LogP contribution < -0.4 is 5.32 Å². The van der Waals surface area contributed by atoms with Gasteiger partial charge in [-0.1, -0.05) is 6.07 Å². The summed E-state index contributed by atoms with van der Waals surface area (Å²) >= 11 is 1.32. The number of nitrogens with zero attached hydrogens (tertiary/aromatic N) is 3. The van der Waals surface area contributed by atoms with Crippen LogP contribution in [0.4, 0.5) is 11.6 Å². The zero-order valence-electron chi connectivity index (χ0n) is 11.7. The summed E-state index contributed by atoms with van der Waals surface area (Å²) < 4.78 is 0. The average molecular weight is 326 g/mol. The molecule has 0 aliphatic carbocycles. The fraction of sp³-hybridized carbons (Fsp3) is 0. The molecule has 2 aromatic heterocycles. The van der Waals surface area contributed by atoms with Gasteiger partial charge in [0.05, 0.1) is 15.5 Å². The third kappa shape index (κ3) is 3.38. The van der Waals surface area contributed by atoms with Gasteiger partial charge in [0.1, 0.15) is 0 Å². The maximum atomic E-state index is 12.0. The number of thiophene rings is 1. The Morgan fingerprint density at radius 3 is 2.61 bits per heavy atom. The summed E-state index contributed by atoms with van der Waals surface area (Å²) in [5.41, 5.74) is 1.27. The van der Waals surface area contributed by atoms with Crippen molar-refractivity contribution in [2.24, 2.45) is 0 Å². The molecule has 0 unspecified atom stereocenters. The molecule has 2 heterocycles. The fourth-order valence-electron chi connectivity index (χ4n) is 1.90. The Balaban J connectivity index is 1.82. The predicted molar refractivity (Wildman–Crippen MR) is 86.4 cm³/mol. The van der Waals surface area contributed by atoms with Gasteiger partial charge in [-0.25, -0.2) is 9.97 Å². The summed E-state index contributed by atoms with van der Waals surface area (Å²) in [7, 11) is 0. The van der Waals surface area contributed by atoms with E-state index >= 15 is 0 Å². The van der Waals surface area contributed by atoms with Crippen molar-refractivity contribution in [1.29, 1.82) is 0 Å². The van der Waals surface area contributed by atoms with Crippen molar-refractivity contribution in [2.75, 3.05) is 5.32 Å². The quantitative estimate of drug-likeness (QED) is 0.585. The van der Waals surface area contributed by atoms with Crippen molar-refractivity contribution in [3.63, 3.8) is 0 Å². The lowest BCUT2D eigenvalue weighted by atomic mass is 10.1. The number of rotatable bonds is 4. The minimum absolute atomic E-state index is 0.00836. The van der Waals surface area contributed by atoms with E-state index in [9.17, 15) is 14.9 Å². The van der Waals surface area contributed by atoms with Crippen LogP contribution in [0, 0.1) is 10.1 Å². The first-order valence-electron chi connectivity index (χ1n) is 6.56. The minimum atomic E-state index is -0.462. The van der Waals surface area contributed by atoms with Crippen LogP contribution in [0.3, 0.4) is 0 Å². The molecule has 23 heavy (non-hydrogen) atoms. The third-order valence-electron chi connectivity index (χ3n) is 3.00. The second-order valence-corrected chi connectivity index (χ2v) is 5.45. The number of carbonyl (C=O) groups is 1. The van der Waals surface area contributed by atoms with Gasteiger partial charge in [0.2, 0.25) is 5.95 Å². The normalized spacial score (nSPS) is 10.3. The number of nitro groups is 1. The highest BCUT2D eigenvalue weighted by Crippen LogP contribution is 2.21. The zero-order valence-corrected chi connectivity index (χ0v) is 12.5. The van der Waals surface area contributed by atoms with E-state index in [1.807, 2.05) is 5.38 Å². The van der Waals surface area contributed by atoms with Crippen LogP contribution in [0.2, 0.25) is 0 Å². The summed E-state index contributed by atoms with van der Waals surface area (Å²) in [6.07, 6.45) is 1.52. The van der Waals surface area contributed by atoms with Crippen molar-refractivity contribution < 1.29 is 9.72 Å². The number of anilines is 1. The molecule has 0 radical (unpaired) electrons. The highest BCUT2D eigenvalue weighted by Gasteiger charge is 2.10. The van der Waals surface area contributed by atoms with Gasteiger partial charge in [0.25, 0.3) is 11.6 Å². The van der Waals surface area contributed by atoms with Crippen molar-refractivity contribution >= 4 is 28.9 Å². The molecule has 0 fully saturated rings. The average Bonchev–Trinajstić information content (AvgIpc) is 3.10. The van der Waals surface area contributed by atoms with Crippen LogP contribution in [-0.2, 0) is 0 Å². The van der Waals surface area contributed by atoms with Gasteiger partial charge in [0, 0.05) is 23.9 Å². The second kappa shape index (κ2) is 6.32. The van der Waals surface area contributed by atoms with Gasteiger partial charge >= 0.3 is 0 Å². The predicted octanol–water partition coefficient (Wildman–Crippen LogP) is 3.37. The van der Waals surface area contributed by atoms with Crippen LogP contribution in [0.1, 0.15) is 9.67 Å². The molecule has 1 amide bonds. The minimum Gasteiger partial charge on any atom is -0.290 e. The van der Waals surface area contributed by atoms with E-state index in [0.717, 1.165) is 0 Å². The van der Waals surface area contributed by atoms with Gasteiger partial charge < -0.3 is 0 Å². The summed E-state index contributed by atoms with van der Waals surface area (Å²) in [4.78, 5) is 31.0. The smallest absolute Gasteiger partial charge is 0.269 e. The Kier molecular flexibility index (Phi) is 4.07. The Morgan fingerprint density at radius 1 is 1.17 bits per heavy atom. The summed E-state index contributed by atoms with van der Waals surface area (Å²) in [6, 6.07) is 11.2. The molecular weight excluding hydrogens is 316 g/mol. The molecule has 0 spiro atoms. The van der Waals surface area contributed by atoms with Crippen LogP contribution in [0.5, 0.6) is 0 Å². The maximum Gasteiger partial charge on any atom is 0.269 e. The van der Waals surface area contributed by atoms with E-state index in [1.165, 1.54) is 29.7 Å². The number of nitro benzene ring substituents is 1. The van der Waals surface area contributed by atoms with E-state index < -0.39 is 4.92 Å². The Hall–Kier alpha value is -3.13. The monoisotopic (exact) mass is 326 g/mol. The summed E-state index contributed by atoms with van der Waals surface area (Å²) in [5, 5.41) is 15.1. The molecule has 1 aromatic carbocycles. The second-order valence-electron chi connectivity index (χ2n) is 4.50. The number of non-ortho nitro benzene ring substituents is 1. The van der Waals surface area contributed by atoms with E-state index in [4.69, 9.17) is 0 Å². The molecule has 8 heteroatoms. The number of hydrogen-bond donors (Lipinski definition) is 1. The van der Waals surface area contributed by atoms with E-state index in [2.05, 4.69) is 15.3 Å². The van der Waals surface area contributed by atoms with Crippen LogP contribution in [-0.4, -0.2) is 20.8 Å². The Bertz CT molecular complexity index is 847. The van der Waals surface area contributed by atoms with E-state index in [0.29, 0.717) is 16.1 Å². The fourth-order valence-corrected chi connectivity index (χ4v) is 2.52. The lowest BCUT2D eigenvalue weighted by Gasteiger charge is -2.05. The van der Waals surface area contributed by atoms with Crippen molar-refractivity contribution in [1.82, 2.24) is 9.97 Å². The molecule has 3 rings (SSSR count). The standard InChI is InChI=1S/C15H10N4O3S/c20-14(13-2-1-9-23-13)18-15-16-8-7-12(17-15)10-3-5-11(6-4-10)19(21)22/h1-9H,(H,16,17,18,20). The largest absolute Gasteiger partial charge is 0.290 e. The molecule has 0 aliphatic rings. The number of hydrogen-bond acceptors (Lipinski definition) is 6. The number of carbonyl (C=O) groups excluding carboxylic acids is 1. The van der Waals surface area contributed by atoms with Gasteiger partial charge in [0.15, 0.2) is 0 Å². The van der Waals surface area contributed by atoms with Gasteiger partial charge in [-0.15, -0.1) is 11.3 Å². The van der Waals surface area contributed by atoms with E-state index in [-0.39, 0.29) is 17.5 Å². The lowest BCUT2D eigenvalue weighted by Crippen LogP contribution is -2.12. The maximum absolute atomic E-state index is 12.0. The summed E-state index contributed by atoms with van der Waals surface area (Å²) in [6.45, 7) is 0. The first-order valence-corrected chi connectivity index (χ1v) is 7.44. The van der Waals surface area contributed by atoms with Gasteiger partial charge in [-0.05, 0) is 29.6 Å². The van der Waals surface area contributed by atoms with E-state index in [1.54, 1.807) is 30.3 Å². The molecular formula is C15H10N4O3S. The Labute approximate surface area is 134 Å². The molecule has 0 aliphatic heterocycles. The van der Waals surface area contributed by atoms with Crippen LogP contribution >= 0.6 is 11.3 Å². The van der Waals surface area contributed by atoms with Crippen LogP contribution in [0.25, 0.3) is 11.3 Å². The molecule has 114 valence electrons. The van der Waals surface area contributed by atoms with Crippen molar-refractivity contribution in [3.8, 4) is 11.3 Å². The number of nitrogens with one attached hydrogen (secondary N) is 1. The van der Waals surface area contributed by atoms with Crippen molar-refractivity contribution in [3.05, 3.63) is 69.0 Å². The van der Waals surface area contributed by atoms with Crippen molar-refractivity contribution in [2.45, 2.75) is 0 Å². The van der Waals surface area contributed by atoms with Gasteiger partial charge in [-0.3, -0.25) is 20.2 Å². The first kappa shape index (κ1) is 14.8. The first-order chi connectivity index (χ1) is 11.1. The lowest BCUT2D eigenvalue weighted by molar-refractivity contribution is -0.384. The molecule has 1 N–H and O–H groups in total.